The molecule has 1 fully saturated rings. The molecule has 1 heterocycles. The first-order valence-corrected chi connectivity index (χ1v) is 8.35. The molecule has 2 aromatic rings. The summed E-state index contributed by atoms with van der Waals surface area (Å²) in [4.78, 5) is 4.53. The first kappa shape index (κ1) is 15.6. The minimum absolute atomic E-state index is 0.822. The van der Waals surface area contributed by atoms with E-state index in [0.29, 0.717) is 0 Å². The van der Waals surface area contributed by atoms with Gasteiger partial charge in [0, 0.05) is 29.7 Å². The molecular formula is C20H25N3. The van der Waals surface area contributed by atoms with E-state index in [1.54, 1.807) is 0 Å². The van der Waals surface area contributed by atoms with Gasteiger partial charge in [0.1, 0.15) is 5.82 Å². The van der Waals surface area contributed by atoms with Gasteiger partial charge in [-0.05, 0) is 61.9 Å². The molecule has 0 amide bonds. The van der Waals surface area contributed by atoms with Crippen molar-refractivity contribution in [1.29, 1.82) is 0 Å². The Kier molecular flexibility index (Phi) is 4.65. The number of benzene rings is 1. The van der Waals surface area contributed by atoms with Gasteiger partial charge in [0.15, 0.2) is 0 Å². The lowest BCUT2D eigenvalue weighted by Crippen LogP contribution is -2.26. The van der Waals surface area contributed by atoms with Gasteiger partial charge in [-0.25, -0.2) is 4.98 Å². The molecular weight excluding hydrogens is 282 g/mol. The summed E-state index contributed by atoms with van der Waals surface area (Å²) in [5.41, 5.74) is 5.55. The van der Waals surface area contributed by atoms with Gasteiger partial charge in [0.25, 0.3) is 0 Å². The monoisotopic (exact) mass is 307 g/mol. The number of nitrogens with zero attached hydrogens (tertiary/aromatic N) is 1. The van der Waals surface area contributed by atoms with Gasteiger partial charge in [0.2, 0.25) is 0 Å². The molecule has 0 spiro atoms. The van der Waals surface area contributed by atoms with Crippen LogP contribution in [0.4, 0.5) is 11.5 Å². The van der Waals surface area contributed by atoms with Gasteiger partial charge in [0.05, 0.1) is 0 Å². The number of anilines is 2. The molecule has 1 aromatic carbocycles. The third-order valence-electron chi connectivity index (χ3n) is 4.56. The lowest BCUT2D eigenvalue weighted by Gasteiger charge is -2.26. The van der Waals surface area contributed by atoms with E-state index >= 15 is 0 Å². The van der Waals surface area contributed by atoms with Crippen LogP contribution in [0.15, 0.2) is 43.1 Å². The predicted molar refractivity (Wildman–Crippen MR) is 97.8 cm³/mol. The van der Waals surface area contributed by atoms with E-state index < -0.39 is 0 Å². The zero-order chi connectivity index (χ0) is 16.2. The second kappa shape index (κ2) is 6.86. The van der Waals surface area contributed by atoms with Crippen molar-refractivity contribution in [2.24, 2.45) is 5.92 Å². The van der Waals surface area contributed by atoms with E-state index in [-0.39, 0.29) is 0 Å². The molecule has 0 atom stereocenters. The third-order valence-corrected chi connectivity index (χ3v) is 4.56. The third kappa shape index (κ3) is 3.92. The molecule has 0 unspecified atom stereocenters. The highest BCUT2D eigenvalue weighted by Crippen LogP contribution is 2.26. The summed E-state index contributed by atoms with van der Waals surface area (Å²) < 4.78 is 0. The van der Waals surface area contributed by atoms with E-state index in [4.69, 9.17) is 0 Å². The topological polar surface area (TPSA) is 37.0 Å². The van der Waals surface area contributed by atoms with Gasteiger partial charge in [-0.1, -0.05) is 25.1 Å². The van der Waals surface area contributed by atoms with E-state index in [0.717, 1.165) is 35.2 Å². The van der Waals surface area contributed by atoms with Crippen molar-refractivity contribution in [3.63, 3.8) is 0 Å². The maximum Gasteiger partial charge on any atom is 0.130 e. The molecule has 3 heteroatoms. The number of nitrogens with one attached hydrogen (secondary N) is 2. The van der Waals surface area contributed by atoms with E-state index in [2.05, 4.69) is 60.3 Å². The van der Waals surface area contributed by atoms with E-state index in [1.165, 1.54) is 30.4 Å². The Labute approximate surface area is 138 Å². The highest BCUT2D eigenvalue weighted by Gasteiger charge is 2.17. The average Bonchev–Trinajstić information content (AvgIpc) is 2.45. The summed E-state index contributed by atoms with van der Waals surface area (Å²) in [6, 6.07) is 10.4. The maximum atomic E-state index is 4.53. The van der Waals surface area contributed by atoms with Crippen LogP contribution in [-0.2, 0) is 0 Å². The minimum atomic E-state index is 0.822. The van der Waals surface area contributed by atoms with Gasteiger partial charge >= 0.3 is 0 Å². The largest absolute Gasteiger partial charge is 0.385 e. The van der Waals surface area contributed by atoms with Crippen LogP contribution in [0.3, 0.4) is 0 Å². The van der Waals surface area contributed by atoms with Gasteiger partial charge in [-0.2, -0.15) is 0 Å². The number of pyridine rings is 1. The van der Waals surface area contributed by atoms with Crippen LogP contribution < -0.4 is 10.6 Å². The highest BCUT2D eigenvalue weighted by molar-refractivity contribution is 5.67. The number of aryl methyl sites for hydroxylation is 2. The summed E-state index contributed by atoms with van der Waals surface area (Å²) in [6.45, 7) is 9.39. The second-order valence-corrected chi connectivity index (χ2v) is 6.54. The Balaban J connectivity index is 1.66. The number of hydrogen-bond acceptors (Lipinski definition) is 3. The van der Waals surface area contributed by atoms with Crippen molar-refractivity contribution < 1.29 is 0 Å². The summed E-state index contributed by atoms with van der Waals surface area (Å²) in [5.74, 6) is 1.69. The summed E-state index contributed by atoms with van der Waals surface area (Å²) in [6.07, 6.45) is 5.97. The molecule has 1 aliphatic rings. The average molecular weight is 307 g/mol. The fourth-order valence-corrected chi connectivity index (χ4v) is 2.87. The highest BCUT2D eigenvalue weighted by atomic mass is 15.0. The van der Waals surface area contributed by atoms with Crippen LogP contribution in [0.5, 0.6) is 0 Å². The fraction of sp³-hybridized carbons (Fsp3) is 0.350. The molecule has 1 aromatic heterocycles. The Hall–Kier alpha value is -2.29. The zero-order valence-corrected chi connectivity index (χ0v) is 14.0. The molecule has 1 aliphatic carbocycles. The molecule has 120 valence electrons. The van der Waals surface area contributed by atoms with Crippen molar-refractivity contribution in [2.45, 2.75) is 33.1 Å². The first-order valence-electron chi connectivity index (χ1n) is 8.35. The Bertz CT molecular complexity index is 702. The van der Waals surface area contributed by atoms with Gasteiger partial charge < -0.3 is 10.6 Å². The molecule has 0 saturated heterocycles. The smallest absolute Gasteiger partial charge is 0.130 e. The molecule has 0 bridgehead atoms. The molecule has 0 aliphatic heterocycles. The quantitative estimate of drug-likeness (QED) is 0.804. The summed E-state index contributed by atoms with van der Waals surface area (Å²) in [7, 11) is 0. The molecule has 23 heavy (non-hydrogen) atoms. The van der Waals surface area contributed by atoms with Crippen LogP contribution in [0.25, 0.3) is 5.70 Å². The molecule has 0 radical (unpaired) electrons. The van der Waals surface area contributed by atoms with E-state index in [9.17, 15) is 0 Å². The van der Waals surface area contributed by atoms with Crippen LogP contribution in [0.2, 0.25) is 0 Å². The second-order valence-electron chi connectivity index (χ2n) is 6.54. The Morgan fingerprint density at radius 1 is 1.26 bits per heavy atom. The van der Waals surface area contributed by atoms with Gasteiger partial charge in [-0.3, -0.25) is 0 Å². The molecule has 3 rings (SSSR count). The number of hydrogen-bond donors (Lipinski definition) is 2. The van der Waals surface area contributed by atoms with Crippen LogP contribution in [-0.4, -0.2) is 11.5 Å². The van der Waals surface area contributed by atoms with Crippen molar-refractivity contribution in [2.75, 3.05) is 11.9 Å². The zero-order valence-electron chi connectivity index (χ0n) is 14.0. The Morgan fingerprint density at radius 3 is 2.74 bits per heavy atom. The normalized spacial score (nSPS) is 14.2. The lowest BCUT2D eigenvalue weighted by molar-refractivity contribution is 0.314. The van der Waals surface area contributed by atoms with Crippen molar-refractivity contribution in [3.8, 4) is 0 Å². The van der Waals surface area contributed by atoms with Crippen molar-refractivity contribution in [3.05, 3.63) is 59.8 Å². The van der Waals surface area contributed by atoms with Crippen LogP contribution in [0.1, 0.15) is 36.0 Å². The molecule has 3 nitrogen and oxygen atoms in total. The maximum absolute atomic E-state index is 4.53. The van der Waals surface area contributed by atoms with Crippen LogP contribution >= 0.6 is 0 Å². The summed E-state index contributed by atoms with van der Waals surface area (Å²) >= 11 is 0. The number of rotatable bonds is 6. The van der Waals surface area contributed by atoms with Crippen LogP contribution in [0, 0.1) is 19.8 Å². The van der Waals surface area contributed by atoms with Gasteiger partial charge in [-0.15, -0.1) is 0 Å². The SMILES string of the molecule is C=C(NCC1CCC1)c1cnc(Nc2cccc(C)c2)cc1C. The van der Waals surface area contributed by atoms with Crippen molar-refractivity contribution in [1.82, 2.24) is 10.3 Å². The molecule has 2 N–H and O–H groups in total. The lowest BCUT2D eigenvalue weighted by atomic mass is 9.85. The first-order chi connectivity index (χ1) is 11.1. The van der Waals surface area contributed by atoms with E-state index in [1.807, 2.05) is 12.3 Å². The predicted octanol–water partition coefficient (Wildman–Crippen LogP) is 4.80. The van der Waals surface area contributed by atoms with Crippen molar-refractivity contribution >= 4 is 17.2 Å². The minimum Gasteiger partial charge on any atom is -0.385 e. The number of aromatic nitrogens is 1. The molecule has 1 saturated carbocycles. The Morgan fingerprint density at radius 2 is 2.09 bits per heavy atom. The fourth-order valence-electron chi connectivity index (χ4n) is 2.87. The standard InChI is InChI=1S/C20H25N3/c1-14-6-4-9-18(10-14)23-20-11-15(2)19(13-22-20)16(3)21-12-17-7-5-8-17/h4,6,9-11,13,17,21H,3,5,7-8,12H2,1-2H3,(H,22,23). The summed E-state index contributed by atoms with van der Waals surface area (Å²) in [5, 5.41) is 6.82.